The molecular formula is C21H15ClF3N5O3. The Labute approximate surface area is 189 Å². The van der Waals surface area contributed by atoms with Gasteiger partial charge in [0, 0.05) is 16.8 Å². The van der Waals surface area contributed by atoms with Gasteiger partial charge in [-0.2, -0.15) is 13.9 Å². The quantitative estimate of drug-likeness (QED) is 0.474. The number of carbonyl (C=O) groups is 3. The van der Waals surface area contributed by atoms with E-state index in [0.29, 0.717) is 10.6 Å². The van der Waals surface area contributed by atoms with E-state index in [-0.39, 0.29) is 21.5 Å². The summed E-state index contributed by atoms with van der Waals surface area (Å²) in [5.74, 6) is -2.25. The van der Waals surface area contributed by atoms with E-state index in [1.807, 2.05) is 5.32 Å². The van der Waals surface area contributed by atoms with Crippen molar-refractivity contribution in [2.24, 2.45) is 0 Å². The predicted octanol–water partition coefficient (Wildman–Crippen LogP) is 3.20. The highest BCUT2D eigenvalue weighted by Crippen LogP contribution is 2.29. The zero-order valence-electron chi connectivity index (χ0n) is 16.6. The van der Waals surface area contributed by atoms with Gasteiger partial charge in [0.1, 0.15) is 5.82 Å². The number of alkyl halides is 2. The van der Waals surface area contributed by atoms with E-state index < -0.39 is 42.3 Å². The van der Waals surface area contributed by atoms with E-state index >= 15 is 0 Å². The Bertz CT molecular complexity index is 1250. The Balaban J connectivity index is 1.67. The maximum absolute atomic E-state index is 13.9. The van der Waals surface area contributed by atoms with Gasteiger partial charge in [-0.05, 0) is 47.5 Å². The summed E-state index contributed by atoms with van der Waals surface area (Å²) >= 11 is 5.89. The van der Waals surface area contributed by atoms with Gasteiger partial charge >= 0.3 is 12.6 Å². The minimum Gasteiger partial charge on any atom is -0.349 e. The van der Waals surface area contributed by atoms with Crippen molar-refractivity contribution in [3.8, 4) is 11.1 Å². The number of urea groups is 1. The molecule has 0 bridgehead atoms. The summed E-state index contributed by atoms with van der Waals surface area (Å²) in [6.07, 6.45) is 1.04. The fourth-order valence-corrected chi connectivity index (χ4v) is 3.71. The highest BCUT2D eigenvalue weighted by Gasteiger charge is 2.50. The van der Waals surface area contributed by atoms with Crippen LogP contribution in [0.15, 0.2) is 54.7 Å². The molecule has 0 aliphatic carbocycles. The van der Waals surface area contributed by atoms with Gasteiger partial charge in [0.15, 0.2) is 5.54 Å². The lowest BCUT2D eigenvalue weighted by molar-refractivity contribution is -0.124. The predicted molar refractivity (Wildman–Crippen MR) is 111 cm³/mol. The molecule has 1 atom stereocenters. The van der Waals surface area contributed by atoms with Gasteiger partial charge in [0.05, 0.1) is 12.2 Å². The Morgan fingerprint density at radius 2 is 1.88 bits per heavy atom. The number of nitrogens with one attached hydrogen (secondary N) is 3. The molecule has 3 N–H and O–H groups in total. The molecule has 0 radical (unpaired) electrons. The summed E-state index contributed by atoms with van der Waals surface area (Å²) in [5.41, 5.74) is -1.54. The standard InChI is InChI=1S/C21H15ClF3N5O3/c22-12-3-1-11(2-4-12)15-9-13(23)5-6-14(15)17(31)26-10-21(18(32)28-20(33)29-21)16-7-8-27-30(16)19(24)25/h1-9,19H,10H2,(H,26,31)(H2,28,29,32,33). The lowest BCUT2D eigenvalue weighted by Gasteiger charge is -2.27. The summed E-state index contributed by atoms with van der Waals surface area (Å²) < 4.78 is 41.0. The molecule has 170 valence electrons. The van der Waals surface area contributed by atoms with Crippen molar-refractivity contribution in [2.75, 3.05) is 6.54 Å². The highest BCUT2D eigenvalue weighted by molar-refractivity contribution is 6.30. The van der Waals surface area contributed by atoms with Gasteiger partial charge in [0.2, 0.25) is 0 Å². The molecule has 4 amide bonds. The van der Waals surface area contributed by atoms with Gasteiger partial charge in [-0.3, -0.25) is 14.9 Å². The molecule has 4 rings (SSSR count). The van der Waals surface area contributed by atoms with Gasteiger partial charge < -0.3 is 10.6 Å². The molecule has 1 fully saturated rings. The SMILES string of the molecule is O=C1NC(=O)C(CNC(=O)c2ccc(F)cc2-c2ccc(Cl)cc2)(c2ccnn2C(F)F)N1. The van der Waals surface area contributed by atoms with Gasteiger partial charge in [0.25, 0.3) is 11.8 Å². The molecule has 1 aliphatic rings. The number of rotatable bonds is 6. The Morgan fingerprint density at radius 3 is 2.52 bits per heavy atom. The average molecular weight is 478 g/mol. The second-order valence-corrected chi connectivity index (χ2v) is 7.57. The highest BCUT2D eigenvalue weighted by atomic mass is 35.5. The molecule has 1 aromatic heterocycles. The number of carbonyl (C=O) groups excluding carboxylic acids is 3. The molecule has 0 spiro atoms. The van der Waals surface area contributed by atoms with E-state index in [9.17, 15) is 27.6 Å². The largest absolute Gasteiger partial charge is 0.349 e. The number of imide groups is 1. The minimum absolute atomic E-state index is 0.0565. The molecule has 33 heavy (non-hydrogen) atoms. The molecule has 2 aromatic carbocycles. The number of halogens is 4. The number of hydrogen-bond donors (Lipinski definition) is 3. The third kappa shape index (κ3) is 4.14. The number of nitrogens with zero attached hydrogens (tertiary/aromatic N) is 2. The normalized spacial score (nSPS) is 17.7. The molecular weight excluding hydrogens is 463 g/mol. The summed E-state index contributed by atoms with van der Waals surface area (Å²) in [7, 11) is 0. The van der Waals surface area contributed by atoms with Crippen LogP contribution in [0.5, 0.6) is 0 Å². The first-order chi connectivity index (χ1) is 15.7. The van der Waals surface area contributed by atoms with Gasteiger partial charge in [-0.1, -0.05) is 23.7 Å². The number of hydrogen-bond acceptors (Lipinski definition) is 4. The molecule has 1 unspecified atom stereocenters. The van der Waals surface area contributed by atoms with E-state index in [4.69, 9.17) is 11.6 Å². The number of amides is 4. The van der Waals surface area contributed by atoms with Crippen LogP contribution in [0.3, 0.4) is 0 Å². The Kier molecular flexibility index (Phi) is 5.81. The van der Waals surface area contributed by atoms with E-state index in [2.05, 4.69) is 15.7 Å². The van der Waals surface area contributed by atoms with Crippen molar-refractivity contribution >= 4 is 29.4 Å². The summed E-state index contributed by atoms with van der Waals surface area (Å²) in [5, 5.41) is 10.7. The lowest BCUT2D eigenvalue weighted by Crippen LogP contribution is -2.53. The minimum atomic E-state index is -3.10. The zero-order valence-corrected chi connectivity index (χ0v) is 17.4. The van der Waals surface area contributed by atoms with Crippen LogP contribution in [0.4, 0.5) is 18.0 Å². The molecule has 1 saturated heterocycles. The maximum atomic E-state index is 13.9. The first kappa shape index (κ1) is 22.3. The third-order valence-corrected chi connectivity index (χ3v) is 5.38. The van der Waals surface area contributed by atoms with Crippen LogP contribution in [0.2, 0.25) is 5.02 Å². The fraction of sp³-hybridized carbons (Fsp3) is 0.143. The third-order valence-electron chi connectivity index (χ3n) is 5.13. The molecule has 0 saturated carbocycles. The average Bonchev–Trinajstić information content (AvgIpc) is 3.37. The van der Waals surface area contributed by atoms with Gasteiger partial charge in [-0.15, -0.1) is 0 Å². The zero-order chi connectivity index (χ0) is 23.8. The van der Waals surface area contributed by atoms with Crippen LogP contribution in [-0.4, -0.2) is 34.2 Å². The van der Waals surface area contributed by atoms with E-state index in [1.165, 1.54) is 6.07 Å². The van der Waals surface area contributed by atoms with Crippen molar-refractivity contribution in [2.45, 2.75) is 12.1 Å². The van der Waals surface area contributed by atoms with Crippen molar-refractivity contribution in [1.29, 1.82) is 0 Å². The van der Waals surface area contributed by atoms with Crippen LogP contribution in [-0.2, 0) is 10.3 Å². The van der Waals surface area contributed by atoms with Gasteiger partial charge in [-0.25, -0.2) is 13.9 Å². The molecule has 2 heterocycles. The van der Waals surface area contributed by atoms with Crippen LogP contribution in [0, 0.1) is 5.82 Å². The second-order valence-electron chi connectivity index (χ2n) is 7.13. The molecule has 1 aliphatic heterocycles. The Hall–Kier alpha value is -3.86. The van der Waals surface area contributed by atoms with Crippen LogP contribution in [0.1, 0.15) is 22.6 Å². The van der Waals surface area contributed by atoms with Crippen molar-refractivity contribution < 1.29 is 27.6 Å². The topological polar surface area (TPSA) is 105 Å². The summed E-state index contributed by atoms with van der Waals surface area (Å²) in [6, 6.07) is 10.1. The van der Waals surface area contributed by atoms with Crippen molar-refractivity contribution in [3.05, 3.63) is 76.8 Å². The number of aromatic nitrogens is 2. The Morgan fingerprint density at radius 1 is 1.15 bits per heavy atom. The smallest absolute Gasteiger partial charge is 0.333 e. The van der Waals surface area contributed by atoms with Crippen LogP contribution >= 0.6 is 11.6 Å². The molecule has 8 nitrogen and oxygen atoms in total. The fourth-order valence-electron chi connectivity index (χ4n) is 3.59. The molecule has 12 heteroatoms. The molecule has 3 aromatic rings. The van der Waals surface area contributed by atoms with Crippen LogP contribution < -0.4 is 16.0 Å². The van der Waals surface area contributed by atoms with Crippen molar-refractivity contribution in [1.82, 2.24) is 25.7 Å². The first-order valence-electron chi connectivity index (χ1n) is 9.51. The van der Waals surface area contributed by atoms with E-state index in [0.717, 1.165) is 24.4 Å². The summed E-state index contributed by atoms with van der Waals surface area (Å²) in [6.45, 7) is -3.67. The van der Waals surface area contributed by atoms with E-state index in [1.54, 1.807) is 24.3 Å². The van der Waals surface area contributed by atoms with Crippen molar-refractivity contribution in [3.63, 3.8) is 0 Å². The first-order valence-corrected chi connectivity index (χ1v) is 9.88. The maximum Gasteiger partial charge on any atom is 0.333 e. The lowest BCUT2D eigenvalue weighted by atomic mass is 9.94. The second kappa shape index (κ2) is 8.58. The summed E-state index contributed by atoms with van der Waals surface area (Å²) in [4.78, 5) is 37.5. The monoisotopic (exact) mass is 477 g/mol. The number of benzene rings is 2. The van der Waals surface area contributed by atoms with Crippen LogP contribution in [0.25, 0.3) is 11.1 Å².